The monoisotopic (exact) mass is 641 g/mol. The first-order chi connectivity index (χ1) is 21.2. The Hall–Kier alpha value is -2.65. The van der Waals surface area contributed by atoms with Crippen LogP contribution in [0.3, 0.4) is 0 Å². The van der Waals surface area contributed by atoms with Crippen LogP contribution in [0.15, 0.2) is 72.8 Å². The second kappa shape index (κ2) is 16.6. The van der Waals surface area contributed by atoms with Gasteiger partial charge < -0.3 is 33.6 Å². The lowest BCUT2D eigenvalue weighted by molar-refractivity contribution is 0.104. The van der Waals surface area contributed by atoms with Gasteiger partial charge >= 0.3 is 8.56 Å². The first-order valence-corrected chi connectivity index (χ1v) is 19.9. The molecule has 1 heterocycles. The summed E-state index contributed by atoms with van der Waals surface area (Å²) in [6.45, 7) is 7.60. The Labute approximate surface area is 263 Å². The van der Waals surface area contributed by atoms with Crippen molar-refractivity contribution in [1.82, 2.24) is 5.32 Å². The van der Waals surface area contributed by atoms with E-state index in [1.54, 1.807) is 24.3 Å². The van der Waals surface area contributed by atoms with Crippen LogP contribution < -0.4 is 24.5 Å². The summed E-state index contributed by atoms with van der Waals surface area (Å²) >= 11 is 0. The van der Waals surface area contributed by atoms with Gasteiger partial charge in [0.05, 0.1) is 6.61 Å². The Kier molecular flexibility index (Phi) is 12.9. The Morgan fingerprint density at radius 2 is 1.64 bits per heavy atom. The van der Waals surface area contributed by atoms with Crippen LogP contribution in [-0.4, -0.2) is 50.2 Å². The third-order valence-corrected chi connectivity index (χ3v) is 12.9. The lowest BCUT2D eigenvalue weighted by Crippen LogP contribution is -2.47. The van der Waals surface area contributed by atoms with Crippen LogP contribution in [0.2, 0.25) is 12.1 Å². The number of hydrogen-bond acceptors (Lipinski definition) is 7. The Bertz CT molecular complexity index is 1330. The summed E-state index contributed by atoms with van der Waals surface area (Å²) in [6, 6.07) is 24.1. The molecule has 3 N–H and O–H groups in total. The molecule has 4 rings (SSSR count). The Morgan fingerprint density at radius 3 is 2.32 bits per heavy atom. The Balaban J connectivity index is 1.18. The zero-order valence-corrected chi connectivity index (χ0v) is 28.1. The maximum atomic E-state index is 12.6. The van der Waals surface area contributed by atoms with Crippen LogP contribution >= 0.6 is 7.37 Å². The average molecular weight is 642 g/mol. The molecule has 10 heteroatoms. The summed E-state index contributed by atoms with van der Waals surface area (Å²) in [5.74, 6) is 2.16. The smallest absolute Gasteiger partial charge is 0.399 e. The summed E-state index contributed by atoms with van der Waals surface area (Å²) in [7, 11) is -5.80. The summed E-state index contributed by atoms with van der Waals surface area (Å²) in [6.07, 6.45) is 4.34. The fourth-order valence-electron chi connectivity index (χ4n) is 5.19. The van der Waals surface area contributed by atoms with Crippen molar-refractivity contribution in [1.29, 1.82) is 0 Å². The van der Waals surface area contributed by atoms with E-state index in [1.807, 2.05) is 48.5 Å². The second-order valence-corrected chi connectivity index (χ2v) is 17.2. The van der Waals surface area contributed by atoms with Crippen LogP contribution in [-0.2, 0) is 22.0 Å². The molecule has 240 valence electrons. The number of aliphatic hydroxyl groups excluding tert-OH is 1. The number of nitrogens with one attached hydrogen (secondary N) is 1. The molecule has 1 aliphatic heterocycles. The minimum Gasteiger partial charge on any atom is -0.520 e. The molecule has 44 heavy (non-hydrogen) atoms. The van der Waals surface area contributed by atoms with Crippen molar-refractivity contribution in [2.24, 2.45) is 0 Å². The van der Waals surface area contributed by atoms with E-state index in [1.165, 1.54) is 0 Å². The Morgan fingerprint density at radius 1 is 0.955 bits per heavy atom. The van der Waals surface area contributed by atoms with Crippen molar-refractivity contribution in [2.45, 2.75) is 83.7 Å². The van der Waals surface area contributed by atoms with Gasteiger partial charge in [0.2, 0.25) is 0 Å². The molecular formula is C34H48NO7PSi. The number of fused-ring (bicyclic) bond motifs is 1. The minimum atomic E-state index is -3.58. The maximum absolute atomic E-state index is 12.6. The molecule has 0 spiro atoms. The van der Waals surface area contributed by atoms with E-state index in [-0.39, 0.29) is 19.0 Å². The van der Waals surface area contributed by atoms with Gasteiger partial charge in [0.25, 0.3) is 7.37 Å². The van der Waals surface area contributed by atoms with Crippen LogP contribution in [0, 0.1) is 0 Å². The van der Waals surface area contributed by atoms with Crippen LogP contribution in [0.25, 0.3) is 0 Å². The third kappa shape index (κ3) is 10.2. The highest BCUT2D eigenvalue weighted by atomic mass is 31.2. The maximum Gasteiger partial charge on any atom is 0.399 e. The summed E-state index contributed by atoms with van der Waals surface area (Å²) in [4.78, 5) is 10.3. The van der Waals surface area contributed by atoms with Crippen molar-refractivity contribution in [2.75, 3.05) is 19.5 Å². The minimum absolute atomic E-state index is 0.120. The van der Waals surface area contributed by atoms with E-state index in [2.05, 4.69) is 26.1 Å². The van der Waals surface area contributed by atoms with Gasteiger partial charge in [-0.25, -0.2) is 0 Å². The van der Waals surface area contributed by atoms with Gasteiger partial charge in [-0.05, 0) is 61.4 Å². The van der Waals surface area contributed by atoms with Gasteiger partial charge in [0.15, 0.2) is 6.35 Å². The first kappa shape index (κ1) is 34.2. The molecule has 0 saturated carbocycles. The average Bonchev–Trinajstić information content (AvgIpc) is 3.04. The van der Waals surface area contributed by atoms with Crippen LogP contribution in [0.1, 0.15) is 57.6 Å². The molecule has 0 aromatic heterocycles. The van der Waals surface area contributed by atoms with Crippen molar-refractivity contribution in [3.63, 3.8) is 0 Å². The van der Waals surface area contributed by atoms with E-state index >= 15 is 0 Å². The van der Waals surface area contributed by atoms with E-state index in [0.717, 1.165) is 61.1 Å². The molecule has 3 aromatic carbocycles. The fourth-order valence-corrected chi connectivity index (χ4v) is 9.91. The predicted octanol–water partition coefficient (Wildman–Crippen LogP) is 6.53. The van der Waals surface area contributed by atoms with Crippen molar-refractivity contribution < 1.29 is 32.9 Å². The topological polar surface area (TPSA) is 106 Å². The lowest BCUT2D eigenvalue weighted by atomic mass is 10.1. The first-order valence-electron chi connectivity index (χ1n) is 15.8. The molecule has 0 aliphatic carbocycles. The molecule has 3 unspecified atom stereocenters. The highest BCUT2D eigenvalue weighted by Gasteiger charge is 2.42. The standard InChI is InChI=1S/C34H48NO7PSi/c1-4-6-19-44(20-7-5-2)41-24-29-22-32(17-18-34(29)42-44)39-25-30(36)23-35-27(3)21-28-13-15-31(16-14-28)40-26-43(37,38)33-11-9-8-10-12-33/h8-18,22,27,30,35-36H,4-7,19-21,23-26H2,1-3H3,(H,37,38). The summed E-state index contributed by atoms with van der Waals surface area (Å²) in [5.41, 5.74) is 2.09. The largest absolute Gasteiger partial charge is 0.520 e. The van der Waals surface area contributed by atoms with Crippen molar-refractivity contribution >= 4 is 21.2 Å². The SMILES string of the molecule is CCCC[Si]1(CCCC)OCc2cc(OCC(O)CNC(C)Cc3ccc(OCP(=O)(O)c4ccccc4)cc3)ccc2O1. The highest BCUT2D eigenvalue weighted by Crippen LogP contribution is 2.39. The van der Waals surface area contributed by atoms with Crippen LogP contribution in [0.5, 0.6) is 17.2 Å². The van der Waals surface area contributed by atoms with E-state index in [4.69, 9.17) is 18.3 Å². The van der Waals surface area contributed by atoms with Crippen molar-refractivity contribution in [3.8, 4) is 17.2 Å². The highest BCUT2D eigenvalue weighted by molar-refractivity contribution is 7.65. The van der Waals surface area contributed by atoms with Gasteiger partial charge in [0, 0.05) is 35.5 Å². The molecule has 1 aliphatic rings. The number of rotatable bonds is 18. The summed E-state index contributed by atoms with van der Waals surface area (Å²) in [5, 5.41) is 14.3. The zero-order valence-electron chi connectivity index (χ0n) is 26.2. The van der Waals surface area contributed by atoms with Gasteiger partial charge in [-0.2, -0.15) is 0 Å². The number of hydrogen-bond donors (Lipinski definition) is 3. The molecule has 0 amide bonds. The van der Waals surface area contributed by atoms with Crippen LogP contribution in [0.4, 0.5) is 0 Å². The van der Waals surface area contributed by atoms with Crippen molar-refractivity contribution in [3.05, 3.63) is 83.9 Å². The zero-order chi connectivity index (χ0) is 31.4. The van der Waals surface area contributed by atoms with E-state index in [0.29, 0.717) is 30.0 Å². The molecule has 3 atom stereocenters. The second-order valence-electron chi connectivity index (χ2n) is 11.7. The van der Waals surface area contributed by atoms with Gasteiger partial charge in [-0.1, -0.05) is 69.9 Å². The molecule has 0 fully saturated rings. The number of unbranched alkanes of at least 4 members (excludes halogenated alkanes) is 2. The molecule has 0 saturated heterocycles. The quantitative estimate of drug-likeness (QED) is 0.106. The lowest BCUT2D eigenvalue weighted by Gasteiger charge is -2.36. The van der Waals surface area contributed by atoms with Gasteiger partial charge in [0.1, 0.15) is 30.0 Å². The molecular weight excluding hydrogens is 593 g/mol. The molecule has 0 bridgehead atoms. The van der Waals surface area contributed by atoms with E-state index < -0.39 is 22.0 Å². The summed E-state index contributed by atoms with van der Waals surface area (Å²) < 4.78 is 37.0. The number of benzene rings is 3. The number of aliphatic hydroxyl groups is 1. The van der Waals surface area contributed by atoms with Gasteiger partial charge in [-0.15, -0.1) is 0 Å². The normalized spacial score (nSPS) is 16.7. The molecule has 8 nitrogen and oxygen atoms in total. The fraction of sp³-hybridized carbons (Fsp3) is 0.471. The van der Waals surface area contributed by atoms with Gasteiger partial charge in [-0.3, -0.25) is 4.57 Å². The molecule has 0 radical (unpaired) electrons. The molecule has 3 aromatic rings. The van der Waals surface area contributed by atoms with E-state index in [9.17, 15) is 14.6 Å². The predicted molar refractivity (Wildman–Crippen MR) is 178 cm³/mol. The third-order valence-electron chi connectivity index (χ3n) is 7.82. The number of ether oxygens (including phenoxy) is 2.